The van der Waals surface area contributed by atoms with Crippen LogP contribution in [0.3, 0.4) is 0 Å². The Bertz CT molecular complexity index is 1500. The number of anilines is 1. The number of ether oxygens (including phenoxy) is 2. The van der Waals surface area contributed by atoms with Crippen LogP contribution in [-0.2, 0) is 22.5 Å². The molecule has 2 amide bonds. The summed E-state index contributed by atoms with van der Waals surface area (Å²) in [5, 5.41) is 8.56. The zero-order valence-corrected chi connectivity index (χ0v) is 25.5. The lowest BCUT2D eigenvalue weighted by molar-refractivity contribution is -0.192. The van der Waals surface area contributed by atoms with Crippen molar-refractivity contribution in [1.29, 1.82) is 0 Å². The maximum atomic E-state index is 13.3. The van der Waals surface area contributed by atoms with Gasteiger partial charge in [-0.15, -0.1) is 0 Å². The van der Waals surface area contributed by atoms with Crippen LogP contribution in [0.2, 0.25) is 5.02 Å². The summed E-state index contributed by atoms with van der Waals surface area (Å²) in [5.74, 6) is -2.30. The summed E-state index contributed by atoms with van der Waals surface area (Å²) in [7, 11) is 1.48. The van der Waals surface area contributed by atoms with E-state index in [9.17, 15) is 35.9 Å². The molecule has 0 saturated heterocycles. The molecule has 46 heavy (non-hydrogen) atoms. The van der Waals surface area contributed by atoms with E-state index in [4.69, 9.17) is 21.1 Å². The summed E-state index contributed by atoms with van der Waals surface area (Å²) in [6, 6.07) is 5.84. The van der Waals surface area contributed by atoms with Gasteiger partial charge in [-0.2, -0.15) is 31.3 Å². The van der Waals surface area contributed by atoms with Crippen molar-refractivity contribution in [2.75, 3.05) is 25.6 Å². The molecule has 2 fully saturated rings. The summed E-state index contributed by atoms with van der Waals surface area (Å²) in [6.07, 6.45) is -8.89. The number of aliphatic imine (C=N–C) groups is 1. The molecule has 0 unspecified atom stereocenters. The van der Waals surface area contributed by atoms with Crippen LogP contribution in [0.4, 0.5) is 37.8 Å². The summed E-state index contributed by atoms with van der Waals surface area (Å²) < 4.78 is 89.8. The van der Waals surface area contributed by atoms with E-state index in [-0.39, 0.29) is 82.0 Å². The van der Waals surface area contributed by atoms with Crippen LogP contribution in [0.25, 0.3) is 0 Å². The van der Waals surface area contributed by atoms with E-state index in [0.717, 1.165) is 0 Å². The molecule has 1 aliphatic heterocycles. The van der Waals surface area contributed by atoms with Gasteiger partial charge in [0, 0.05) is 31.7 Å². The Morgan fingerprint density at radius 1 is 1.04 bits per heavy atom. The molecule has 2 aliphatic carbocycles. The van der Waals surface area contributed by atoms with Gasteiger partial charge in [0.15, 0.2) is 5.82 Å². The van der Waals surface area contributed by atoms with Crippen LogP contribution < -0.4 is 20.7 Å². The van der Waals surface area contributed by atoms with E-state index in [1.165, 1.54) is 13.2 Å². The number of hydrogen-bond acceptors (Lipinski definition) is 7. The molecule has 0 atom stereocenters. The van der Waals surface area contributed by atoms with Gasteiger partial charge in [-0.1, -0.05) is 17.7 Å². The molecule has 250 valence electrons. The number of fused-ring (bicyclic) bond motifs is 1. The number of pyridine rings is 1. The van der Waals surface area contributed by atoms with Crippen molar-refractivity contribution in [3.8, 4) is 5.88 Å². The molecular formula is C30H32ClF6N5O4. The highest BCUT2D eigenvalue weighted by molar-refractivity contribution is 6.33. The molecule has 3 aliphatic rings. The predicted molar refractivity (Wildman–Crippen MR) is 156 cm³/mol. The largest absolute Gasteiger partial charge is 0.475 e. The zero-order chi connectivity index (χ0) is 33.3. The van der Waals surface area contributed by atoms with Gasteiger partial charge in [-0.3, -0.25) is 9.59 Å². The lowest BCUT2D eigenvalue weighted by atomic mass is 9.85. The number of carbonyl (C=O) groups excluding carboxylic acids is 2. The van der Waals surface area contributed by atoms with Crippen LogP contribution in [0, 0.1) is 11.3 Å². The number of amides is 2. The van der Waals surface area contributed by atoms with Crippen molar-refractivity contribution in [2.45, 2.75) is 69.9 Å². The first kappa shape index (κ1) is 33.8. The van der Waals surface area contributed by atoms with E-state index in [2.05, 4.69) is 25.9 Å². The summed E-state index contributed by atoms with van der Waals surface area (Å²) >= 11 is 6.36. The molecule has 0 spiro atoms. The fourth-order valence-corrected chi connectivity index (χ4v) is 5.71. The van der Waals surface area contributed by atoms with Gasteiger partial charge < -0.3 is 25.4 Å². The number of halogens is 7. The van der Waals surface area contributed by atoms with Gasteiger partial charge >= 0.3 is 12.4 Å². The molecular weight excluding hydrogens is 644 g/mol. The van der Waals surface area contributed by atoms with Crippen LogP contribution in [-0.4, -0.2) is 61.4 Å². The molecule has 0 radical (unpaired) electrons. The van der Waals surface area contributed by atoms with Crippen molar-refractivity contribution < 1.29 is 45.4 Å². The molecule has 1 aromatic carbocycles. The Hall–Kier alpha value is -3.59. The molecule has 2 aromatic rings. The molecule has 2 heterocycles. The molecule has 16 heteroatoms. The van der Waals surface area contributed by atoms with Gasteiger partial charge in [0.05, 0.1) is 23.2 Å². The number of nitrogens with zero attached hydrogens (tertiary/aromatic N) is 2. The van der Waals surface area contributed by atoms with Crippen LogP contribution in [0.15, 0.2) is 29.3 Å². The maximum Gasteiger partial charge on any atom is 0.403 e. The second-order valence-electron chi connectivity index (χ2n) is 11.7. The highest BCUT2D eigenvalue weighted by atomic mass is 35.5. The van der Waals surface area contributed by atoms with Gasteiger partial charge in [0.1, 0.15) is 23.4 Å². The highest BCUT2D eigenvalue weighted by Crippen LogP contribution is 2.57. The van der Waals surface area contributed by atoms with E-state index in [0.29, 0.717) is 27.7 Å². The van der Waals surface area contributed by atoms with Crippen molar-refractivity contribution in [1.82, 2.24) is 15.6 Å². The number of benzene rings is 1. The Kier molecular flexibility index (Phi) is 9.73. The standard InChI is InChI=1S/C30H32ClF6N5O4/c1-45-10-11-46-26-20(25(43)39-19-5-3-18(4-6-19)29(32,33)34)13-17-14-23(41-24(17)42-26)40-22-12-16(2-7-21(22)31)15-38-27(44)28(8-9-28)30(35,36)37/h2,7,12-13,18-19H,3-6,8-11,14-15H2,1H3,(H,38,44)(H,39,43)(H,40,41,42). The van der Waals surface area contributed by atoms with Gasteiger partial charge in [-0.05, 0) is 62.3 Å². The lowest BCUT2D eigenvalue weighted by Crippen LogP contribution is -2.40. The minimum absolute atomic E-state index is 0.00894. The number of alkyl halides is 6. The number of carbonyl (C=O) groups is 2. The molecule has 1 aromatic heterocycles. The number of amidine groups is 1. The molecule has 0 bridgehead atoms. The second-order valence-corrected chi connectivity index (χ2v) is 12.1. The average molecular weight is 676 g/mol. The van der Waals surface area contributed by atoms with Crippen LogP contribution >= 0.6 is 11.6 Å². The highest BCUT2D eigenvalue weighted by Gasteiger charge is 2.68. The third kappa shape index (κ3) is 7.51. The van der Waals surface area contributed by atoms with Crippen molar-refractivity contribution in [3.63, 3.8) is 0 Å². The molecule has 5 rings (SSSR count). The Labute approximate surface area is 265 Å². The van der Waals surface area contributed by atoms with Crippen LogP contribution in [0.1, 0.15) is 60.0 Å². The first-order chi connectivity index (χ1) is 21.7. The number of rotatable bonds is 10. The van der Waals surface area contributed by atoms with Crippen molar-refractivity contribution in [2.24, 2.45) is 16.3 Å². The SMILES string of the molecule is COCCOc1nc2c(cc1C(=O)NC1CCC(C(F)(F)F)CC1)CC(Nc1cc(CNC(=O)C3(C(F)(F)F)CC3)ccc1Cl)=N2. The average Bonchev–Trinajstić information content (AvgIpc) is 3.73. The summed E-state index contributed by atoms with van der Waals surface area (Å²) in [4.78, 5) is 34.5. The first-order valence-electron chi connectivity index (χ1n) is 14.7. The fourth-order valence-electron chi connectivity index (χ4n) is 5.55. The quantitative estimate of drug-likeness (QED) is 0.202. The third-order valence-electron chi connectivity index (χ3n) is 8.43. The molecule has 3 N–H and O–H groups in total. The van der Waals surface area contributed by atoms with Crippen LogP contribution in [0.5, 0.6) is 5.88 Å². The van der Waals surface area contributed by atoms with E-state index >= 15 is 0 Å². The fraction of sp³-hybridized carbons (Fsp3) is 0.533. The Morgan fingerprint density at radius 2 is 1.76 bits per heavy atom. The topological polar surface area (TPSA) is 114 Å². The van der Waals surface area contributed by atoms with E-state index in [1.807, 2.05) is 0 Å². The number of nitrogens with one attached hydrogen (secondary N) is 3. The van der Waals surface area contributed by atoms with Gasteiger partial charge in [0.25, 0.3) is 5.91 Å². The maximum absolute atomic E-state index is 13.3. The van der Waals surface area contributed by atoms with Crippen molar-refractivity contribution >= 4 is 40.8 Å². The minimum Gasteiger partial charge on any atom is -0.475 e. The minimum atomic E-state index is -4.61. The molecule has 9 nitrogen and oxygen atoms in total. The summed E-state index contributed by atoms with van der Waals surface area (Å²) in [5.41, 5.74) is -0.751. The predicted octanol–water partition coefficient (Wildman–Crippen LogP) is 6.27. The van der Waals surface area contributed by atoms with Gasteiger partial charge in [0.2, 0.25) is 11.8 Å². The monoisotopic (exact) mass is 675 g/mol. The van der Waals surface area contributed by atoms with Crippen molar-refractivity contribution in [3.05, 3.63) is 46.0 Å². The number of aromatic nitrogens is 1. The zero-order valence-electron chi connectivity index (χ0n) is 24.7. The molecule has 2 saturated carbocycles. The normalized spacial score (nSPS) is 20.4. The Morgan fingerprint density at radius 3 is 2.39 bits per heavy atom. The third-order valence-corrected chi connectivity index (χ3v) is 8.76. The second kappa shape index (κ2) is 13.3. The number of methoxy groups -OCH3 is 1. The van der Waals surface area contributed by atoms with E-state index in [1.54, 1.807) is 18.2 Å². The lowest BCUT2D eigenvalue weighted by Gasteiger charge is -2.30. The smallest absolute Gasteiger partial charge is 0.403 e. The van der Waals surface area contributed by atoms with E-state index < -0.39 is 41.5 Å². The number of hydrogen-bond donors (Lipinski definition) is 3. The van der Waals surface area contributed by atoms with Gasteiger partial charge in [-0.25, -0.2) is 4.99 Å². The summed E-state index contributed by atoms with van der Waals surface area (Å²) in [6.45, 7) is 0.149. The Balaban J connectivity index is 1.26. The first-order valence-corrected chi connectivity index (χ1v) is 15.1.